The molecule has 6 nitrogen and oxygen atoms in total. The fourth-order valence-corrected chi connectivity index (χ4v) is 2.06. The van der Waals surface area contributed by atoms with Crippen molar-refractivity contribution in [3.63, 3.8) is 0 Å². The van der Waals surface area contributed by atoms with Crippen LogP contribution in [0, 0.1) is 0 Å². The van der Waals surface area contributed by atoms with Gasteiger partial charge in [-0.25, -0.2) is 0 Å². The van der Waals surface area contributed by atoms with E-state index in [0.717, 1.165) is 44.3 Å². The number of nitrogens with one attached hydrogen (secondary N) is 1. The van der Waals surface area contributed by atoms with Crippen molar-refractivity contribution in [1.82, 2.24) is 4.90 Å². The zero-order chi connectivity index (χ0) is 14.2. The number of nitrogens with zero attached hydrogens (tertiary/aromatic N) is 2. The first-order valence-corrected chi connectivity index (χ1v) is 6.79. The zero-order valence-corrected chi connectivity index (χ0v) is 14.6. The normalized spacial score (nSPS) is 16.1. The average Bonchev–Trinajstić information content (AvgIpc) is 2.49. The minimum Gasteiger partial charge on any atom is -0.495 e. The summed E-state index contributed by atoms with van der Waals surface area (Å²) in [7, 11) is 1.63. The van der Waals surface area contributed by atoms with Crippen molar-refractivity contribution in [2.75, 3.05) is 51.8 Å². The first kappa shape index (κ1) is 18.0. The molecule has 21 heavy (non-hydrogen) atoms. The molecule has 0 radical (unpaired) electrons. The fourth-order valence-electron chi connectivity index (χ4n) is 2.06. The minimum atomic E-state index is 0. The predicted molar refractivity (Wildman–Crippen MR) is 95.8 cm³/mol. The number of guanidine groups is 1. The van der Waals surface area contributed by atoms with E-state index < -0.39 is 0 Å². The molecular formula is C14H23IN4O2. The van der Waals surface area contributed by atoms with Gasteiger partial charge in [-0.15, -0.1) is 24.0 Å². The van der Waals surface area contributed by atoms with Crippen molar-refractivity contribution in [3.8, 4) is 5.75 Å². The molecule has 0 amide bonds. The Labute approximate surface area is 142 Å². The van der Waals surface area contributed by atoms with E-state index in [0.29, 0.717) is 12.5 Å². The van der Waals surface area contributed by atoms with E-state index in [2.05, 4.69) is 15.2 Å². The Morgan fingerprint density at radius 3 is 2.81 bits per heavy atom. The number of anilines is 1. The molecule has 1 aromatic rings. The van der Waals surface area contributed by atoms with Crippen LogP contribution in [0.1, 0.15) is 0 Å². The molecule has 2 rings (SSSR count). The maximum Gasteiger partial charge on any atom is 0.193 e. The molecular weight excluding hydrogens is 383 g/mol. The summed E-state index contributed by atoms with van der Waals surface area (Å²) in [6.07, 6.45) is 0. The number of nitrogens with two attached hydrogens (primary N) is 1. The second kappa shape index (κ2) is 9.80. The molecule has 1 aromatic carbocycles. The first-order valence-electron chi connectivity index (χ1n) is 6.79. The highest BCUT2D eigenvalue weighted by molar-refractivity contribution is 14.0. The maximum atomic E-state index is 5.89. The summed E-state index contributed by atoms with van der Waals surface area (Å²) in [5.41, 5.74) is 6.71. The summed E-state index contributed by atoms with van der Waals surface area (Å²) in [6, 6.07) is 7.62. The summed E-state index contributed by atoms with van der Waals surface area (Å²) in [4.78, 5) is 6.66. The fraction of sp³-hybridized carbons (Fsp3) is 0.500. The molecule has 1 aliphatic rings. The van der Waals surface area contributed by atoms with E-state index >= 15 is 0 Å². The molecule has 0 aromatic heterocycles. The topological polar surface area (TPSA) is 72.1 Å². The van der Waals surface area contributed by atoms with Crippen LogP contribution in [0.3, 0.4) is 0 Å². The summed E-state index contributed by atoms with van der Waals surface area (Å²) in [5.74, 6) is 1.15. The van der Waals surface area contributed by atoms with Gasteiger partial charge in [-0.1, -0.05) is 12.1 Å². The lowest BCUT2D eigenvalue weighted by Crippen LogP contribution is -2.38. The van der Waals surface area contributed by atoms with Gasteiger partial charge in [0, 0.05) is 19.6 Å². The van der Waals surface area contributed by atoms with E-state index in [-0.39, 0.29) is 24.0 Å². The lowest BCUT2D eigenvalue weighted by molar-refractivity contribution is 0.0394. The van der Waals surface area contributed by atoms with Gasteiger partial charge in [-0.05, 0) is 12.1 Å². The highest BCUT2D eigenvalue weighted by Gasteiger charge is 2.09. The molecule has 0 aliphatic carbocycles. The summed E-state index contributed by atoms with van der Waals surface area (Å²) < 4.78 is 10.6. The van der Waals surface area contributed by atoms with Crippen molar-refractivity contribution in [3.05, 3.63) is 24.3 Å². The van der Waals surface area contributed by atoms with Crippen LogP contribution >= 0.6 is 24.0 Å². The lowest BCUT2D eigenvalue weighted by atomic mass is 10.3. The zero-order valence-electron chi connectivity index (χ0n) is 12.2. The van der Waals surface area contributed by atoms with Gasteiger partial charge in [-0.2, -0.15) is 0 Å². The van der Waals surface area contributed by atoms with Gasteiger partial charge in [0.1, 0.15) is 5.75 Å². The molecule has 0 saturated carbocycles. The molecule has 1 fully saturated rings. The predicted octanol–water partition coefficient (Wildman–Crippen LogP) is 1.37. The Hall–Kier alpha value is -1.06. The Bertz CT molecular complexity index is 450. The average molecular weight is 406 g/mol. The number of methoxy groups -OCH3 is 1. The van der Waals surface area contributed by atoms with Crippen LogP contribution in [-0.2, 0) is 4.74 Å². The summed E-state index contributed by atoms with van der Waals surface area (Å²) >= 11 is 0. The van der Waals surface area contributed by atoms with Crippen LogP contribution in [-0.4, -0.2) is 57.4 Å². The number of ether oxygens (including phenoxy) is 2. The SMILES string of the molecule is COc1ccccc1NC(N)=NCCN1CCOCC1.I. The monoisotopic (exact) mass is 406 g/mol. The van der Waals surface area contributed by atoms with Crippen molar-refractivity contribution >= 4 is 35.6 Å². The number of aliphatic imine (C=N–C) groups is 1. The molecule has 118 valence electrons. The number of morpholine rings is 1. The van der Waals surface area contributed by atoms with E-state index in [1.54, 1.807) is 7.11 Å². The minimum absolute atomic E-state index is 0. The smallest absolute Gasteiger partial charge is 0.193 e. The van der Waals surface area contributed by atoms with Gasteiger partial charge in [0.05, 0.1) is 32.6 Å². The second-order valence-corrected chi connectivity index (χ2v) is 4.55. The Morgan fingerprint density at radius 1 is 1.38 bits per heavy atom. The van der Waals surface area contributed by atoms with Crippen molar-refractivity contribution in [2.24, 2.45) is 10.7 Å². The molecule has 0 atom stereocenters. The lowest BCUT2D eigenvalue weighted by Gasteiger charge is -2.25. The number of hydrogen-bond acceptors (Lipinski definition) is 4. The number of halogens is 1. The second-order valence-electron chi connectivity index (χ2n) is 4.55. The van der Waals surface area contributed by atoms with Crippen LogP contribution in [0.25, 0.3) is 0 Å². The van der Waals surface area contributed by atoms with Crippen LogP contribution < -0.4 is 15.8 Å². The largest absolute Gasteiger partial charge is 0.495 e. The third-order valence-electron chi connectivity index (χ3n) is 3.17. The standard InChI is InChI=1S/C14H22N4O2.HI/c1-19-13-5-3-2-4-12(13)17-14(15)16-6-7-18-8-10-20-11-9-18;/h2-5H,6-11H2,1H3,(H3,15,16,17);1H. The Kier molecular flexibility index (Phi) is 8.40. The van der Waals surface area contributed by atoms with Crippen molar-refractivity contribution < 1.29 is 9.47 Å². The molecule has 3 N–H and O–H groups in total. The Morgan fingerprint density at radius 2 is 2.10 bits per heavy atom. The van der Waals surface area contributed by atoms with Gasteiger partial charge in [0.15, 0.2) is 5.96 Å². The number of para-hydroxylation sites is 2. The molecule has 7 heteroatoms. The summed E-state index contributed by atoms with van der Waals surface area (Å²) in [5, 5.41) is 3.06. The summed E-state index contributed by atoms with van der Waals surface area (Å²) in [6.45, 7) is 5.12. The van der Waals surface area contributed by atoms with Gasteiger partial charge < -0.3 is 20.5 Å². The molecule has 0 bridgehead atoms. The van der Waals surface area contributed by atoms with Crippen molar-refractivity contribution in [2.45, 2.75) is 0 Å². The first-order chi connectivity index (χ1) is 9.79. The Balaban J connectivity index is 0.00000220. The van der Waals surface area contributed by atoms with E-state index in [1.807, 2.05) is 24.3 Å². The van der Waals surface area contributed by atoms with Gasteiger partial charge in [-0.3, -0.25) is 9.89 Å². The quantitative estimate of drug-likeness (QED) is 0.439. The van der Waals surface area contributed by atoms with Gasteiger partial charge in [0.2, 0.25) is 0 Å². The maximum absolute atomic E-state index is 5.89. The number of rotatable bonds is 5. The molecule has 0 spiro atoms. The third kappa shape index (κ3) is 6.06. The molecule has 0 unspecified atom stereocenters. The molecule has 1 aliphatic heterocycles. The van der Waals surface area contributed by atoms with E-state index in [9.17, 15) is 0 Å². The number of hydrogen-bond donors (Lipinski definition) is 2. The molecule has 1 heterocycles. The molecule has 1 saturated heterocycles. The van der Waals surface area contributed by atoms with Crippen LogP contribution in [0.15, 0.2) is 29.3 Å². The number of benzene rings is 1. The van der Waals surface area contributed by atoms with Crippen LogP contribution in [0.5, 0.6) is 5.75 Å². The third-order valence-corrected chi connectivity index (χ3v) is 3.17. The highest BCUT2D eigenvalue weighted by Crippen LogP contribution is 2.22. The van der Waals surface area contributed by atoms with Crippen molar-refractivity contribution in [1.29, 1.82) is 0 Å². The van der Waals surface area contributed by atoms with Gasteiger partial charge in [0.25, 0.3) is 0 Å². The van der Waals surface area contributed by atoms with Crippen LogP contribution in [0.2, 0.25) is 0 Å². The highest BCUT2D eigenvalue weighted by atomic mass is 127. The van der Waals surface area contributed by atoms with Crippen LogP contribution in [0.4, 0.5) is 5.69 Å². The van der Waals surface area contributed by atoms with E-state index in [1.165, 1.54) is 0 Å². The van der Waals surface area contributed by atoms with E-state index in [4.69, 9.17) is 15.2 Å². The van der Waals surface area contributed by atoms with Gasteiger partial charge >= 0.3 is 0 Å².